The Morgan fingerprint density at radius 1 is 1.14 bits per heavy atom. The van der Waals surface area contributed by atoms with Crippen molar-refractivity contribution < 1.29 is 9.53 Å². The lowest BCUT2D eigenvalue weighted by molar-refractivity contribution is -0.132. The van der Waals surface area contributed by atoms with Crippen LogP contribution < -0.4 is 4.74 Å². The zero-order chi connectivity index (χ0) is 15.4. The van der Waals surface area contributed by atoms with Crippen LogP contribution in [0.15, 0.2) is 29.6 Å². The average Bonchev–Trinajstić information content (AvgIpc) is 2.85. The fourth-order valence-corrected chi connectivity index (χ4v) is 2.89. The highest BCUT2D eigenvalue weighted by molar-refractivity contribution is 7.10. The second kappa shape index (κ2) is 6.76. The van der Waals surface area contributed by atoms with Gasteiger partial charge in [-0.15, -0.1) is 11.3 Å². The quantitative estimate of drug-likeness (QED) is 0.842. The topological polar surface area (TPSA) is 29.5 Å². The van der Waals surface area contributed by atoms with Gasteiger partial charge in [0, 0.05) is 11.9 Å². The van der Waals surface area contributed by atoms with Crippen molar-refractivity contribution in [1.29, 1.82) is 0 Å². The van der Waals surface area contributed by atoms with E-state index in [0.717, 1.165) is 5.75 Å². The van der Waals surface area contributed by atoms with Crippen LogP contribution in [0.4, 0.5) is 0 Å². The molecule has 1 aromatic carbocycles. The van der Waals surface area contributed by atoms with Crippen LogP contribution >= 0.6 is 11.3 Å². The molecule has 0 radical (unpaired) electrons. The summed E-state index contributed by atoms with van der Waals surface area (Å²) in [6.45, 7) is 6.87. The highest BCUT2D eigenvalue weighted by atomic mass is 32.1. The number of amides is 1. The van der Waals surface area contributed by atoms with Crippen LogP contribution in [-0.4, -0.2) is 24.5 Å². The number of hydrogen-bond donors (Lipinski definition) is 0. The lowest BCUT2D eigenvalue weighted by Crippen LogP contribution is -2.30. The van der Waals surface area contributed by atoms with Crippen LogP contribution in [-0.2, 0) is 11.3 Å². The molecule has 112 valence electrons. The summed E-state index contributed by atoms with van der Waals surface area (Å²) in [6.07, 6.45) is 0. The van der Waals surface area contributed by atoms with E-state index in [4.69, 9.17) is 4.74 Å². The van der Waals surface area contributed by atoms with E-state index < -0.39 is 0 Å². The number of likely N-dealkylation sites (N-methyl/N-ethyl adjacent to an activating group) is 1. The van der Waals surface area contributed by atoms with Gasteiger partial charge in [0.25, 0.3) is 5.91 Å². The third-order valence-corrected chi connectivity index (χ3v) is 4.62. The van der Waals surface area contributed by atoms with Crippen molar-refractivity contribution in [3.05, 3.63) is 51.2 Å². The molecule has 0 aliphatic carbocycles. The molecule has 21 heavy (non-hydrogen) atoms. The normalized spacial score (nSPS) is 10.5. The Kier molecular flexibility index (Phi) is 5.02. The minimum Gasteiger partial charge on any atom is -0.484 e. The van der Waals surface area contributed by atoms with Gasteiger partial charge in [0.1, 0.15) is 5.75 Å². The molecule has 0 spiro atoms. The molecule has 0 saturated carbocycles. The zero-order valence-electron chi connectivity index (χ0n) is 13.0. The van der Waals surface area contributed by atoms with Gasteiger partial charge in [0.15, 0.2) is 6.61 Å². The van der Waals surface area contributed by atoms with E-state index in [1.807, 2.05) is 32.2 Å². The van der Waals surface area contributed by atoms with E-state index in [0.29, 0.717) is 6.54 Å². The Morgan fingerprint density at radius 2 is 1.90 bits per heavy atom. The molecular weight excluding hydrogens is 282 g/mol. The Balaban J connectivity index is 1.89. The molecule has 0 bridgehead atoms. The number of ether oxygens (including phenoxy) is 1. The number of aryl methyl sites for hydroxylation is 3. The Morgan fingerprint density at radius 3 is 2.52 bits per heavy atom. The maximum atomic E-state index is 12.1. The summed E-state index contributed by atoms with van der Waals surface area (Å²) in [5, 5.41) is 2.05. The van der Waals surface area contributed by atoms with Crippen LogP contribution in [0.3, 0.4) is 0 Å². The predicted octanol–water partition coefficient (Wildman–Crippen LogP) is 3.71. The van der Waals surface area contributed by atoms with Crippen LogP contribution in [0.1, 0.15) is 21.6 Å². The number of benzene rings is 1. The average molecular weight is 303 g/mol. The van der Waals surface area contributed by atoms with Crippen LogP contribution in [0.5, 0.6) is 5.75 Å². The molecule has 1 aromatic heterocycles. The van der Waals surface area contributed by atoms with E-state index >= 15 is 0 Å². The fraction of sp³-hybridized carbons (Fsp3) is 0.353. The van der Waals surface area contributed by atoms with Gasteiger partial charge in [-0.2, -0.15) is 0 Å². The van der Waals surface area contributed by atoms with Gasteiger partial charge in [-0.05, 0) is 61.0 Å². The first-order valence-electron chi connectivity index (χ1n) is 6.94. The molecule has 4 heteroatoms. The lowest BCUT2D eigenvalue weighted by Gasteiger charge is -2.17. The lowest BCUT2D eigenvalue weighted by atomic mass is 10.1. The molecule has 0 aliphatic heterocycles. The second-order valence-electron chi connectivity index (χ2n) is 5.31. The molecule has 3 nitrogen and oxygen atoms in total. The number of thiophene rings is 1. The molecule has 0 N–H and O–H groups in total. The molecule has 0 unspecified atom stereocenters. The molecule has 0 fully saturated rings. The van der Waals surface area contributed by atoms with Gasteiger partial charge >= 0.3 is 0 Å². The Labute approximate surface area is 130 Å². The monoisotopic (exact) mass is 303 g/mol. The van der Waals surface area contributed by atoms with Crippen molar-refractivity contribution >= 4 is 17.2 Å². The Hall–Kier alpha value is -1.81. The van der Waals surface area contributed by atoms with Gasteiger partial charge in [0.2, 0.25) is 0 Å². The molecule has 0 atom stereocenters. The first-order chi connectivity index (χ1) is 9.97. The third-order valence-electron chi connectivity index (χ3n) is 3.62. The molecule has 1 amide bonds. The molecule has 2 rings (SSSR count). The van der Waals surface area contributed by atoms with Crippen molar-refractivity contribution in [2.75, 3.05) is 13.7 Å². The van der Waals surface area contributed by atoms with Gasteiger partial charge < -0.3 is 9.64 Å². The standard InChI is InChI=1S/C17H21NO2S/c1-12-5-6-15(9-14(12)3)20-11-17(19)18(4)10-16-13(2)7-8-21-16/h5-9H,10-11H2,1-4H3. The van der Waals surface area contributed by atoms with Crippen molar-refractivity contribution in [1.82, 2.24) is 4.90 Å². The number of carbonyl (C=O) groups is 1. The summed E-state index contributed by atoms with van der Waals surface area (Å²) in [5.41, 5.74) is 3.62. The van der Waals surface area contributed by atoms with E-state index in [9.17, 15) is 4.79 Å². The zero-order valence-corrected chi connectivity index (χ0v) is 13.8. The van der Waals surface area contributed by atoms with Gasteiger partial charge in [0.05, 0.1) is 6.54 Å². The van der Waals surface area contributed by atoms with Crippen molar-refractivity contribution in [3.63, 3.8) is 0 Å². The number of nitrogens with zero attached hydrogens (tertiary/aromatic N) is 1. The van der Waals surface area contributed by atoms with E-state index in [-0.39, 0.29) is 12.5 Å². The molecule has 1 heterocycles. The SMILES string of the molecule is Cc1ccc(OCC(=O)N(C)Cc2sccc2C)cc1C. The molecule has 0 saturated heterocycles. The van der Waals surface area contributed by atoms with Crippen LogP contribution in [0.25, 0.3) is 0 Å². The van der Waals surface area contributed by atoms with E-state index in [2.05, 4.69) is 25.3 Å². The first-order valence-corrected chi connectivity index (χ1v) is 7.82. The molecule has 2 aromatic rings. The summed E-state index contributed by atoms with van der Waals surface area (Å²) in [7, 11) is 1.81. The van der Waals surface area contributed by atoms with Crippen molar-refractivity contribution in [3.8, 4) is 5.75 Å². The second-order valence-corrected chi connectivity index (χ2v) is 6.31. The molecular formula is C17H21NO2S. The number of carbonyl (C=O) groups excluding carboxylic acids is 1. The maximum absolute atomic E-state index is 12.1. The van der Waals surface area contributed by atoms with Crippen molar-refractivity contribution in [2.45, 2.75) is 27.3 Å². The number of hydrogen-bond acceptors (Lipinski definition) is 3. The summed E-state index contributed by atoms with van der Waals surface area (Å²) in [5.74, 6) is 0.730. The summed E-state index contributed by atoms with van der Waals surface area (Å²) in [6, 6.07) is 7.95. The van der Waals surface area contributed by atoms with E-state index in [1.165, 1.54) is 21.6 Å². The van der Waals surface area contributed by atoms with Crippen LogP contribution in [0.2, 0.25) is 0 Å². The minimum absolute atomic E-state index is 0.0129. The van der Waals surface area contributed by atoms with Crippen LogP contribution in [0, 0.1) is 20.8 Å². The summed E-state index contributed by atoms with van der Waals surface area (Å²) >= 11 is 1.68. The minimum atomic E-state index is -0.0129. The van der Waals surface area contributed by atoms with E-state index in [1.54, 1.807) is 16.2 Å². The largest absolute Gasteiger partial charge is 0.484 e. The Bertz CT molecular complexity index is 633. The van der Waals surface area contributed by atoms with Gasteiger partial charge in [-0.25, -0.2) is 0 Å². The highest BCUT2D eigenvalue weighted by Crippen LogP contribution is 2.18. The van der Waals surface area contributed by atoms with Gasteiger partial charge in [-0.1, -0.05) is 6.07 Å². The smallest absolute Gasteiger partial charge is 0.260 e. The van der Waals surface area contributed by atoms with Gasteiger partial charge in [-0.3, -0.25) is 4.79 Å². The predicted molar refractivity (Wildman–Crippen MR) is 86.9 cm³/mol. The number of rotatable bonds is 5. The third kappa shape index (κ3) is 4.08. The highest BCUT2D eigenvalue weighted by Gasteiger charge is 2.12. The first kappa shape index (κ1) is 15.6. The summed E-state index contributed by atoms with van der Waals surface area (Å²) in [4.78, 5) is 15.0. The molecule has 0 aliphatic rings. The van der Waals surface area contributed by atoms with Crippen molar-refractivity contribution in [2.24, 2.45) is 0 Å². The fourth-order valence-electron chi connectivity index (χ4n) is 1.93. The summed E-state index contributed by atoms with van der Waals surface area (Å²) < 4.78 is 5.59. The maximum Gasteiger partial charge on any atom is 0.260 e.